The first-order chi connectivity index (χ1) is 8.38. The molecule has 3 N–H and O–H groups in total. The number of aromatic hydroxyl groups is 1. The molecule has 1 unspecified atom stereocenters. The third kappa shape index (κ3) is 3.23. The number of halogens is 1. The Kier molecular flexibility index (Phi) is 5.16. The van der Waals surface area contributed by atoms with Gasteiger partial charge in [0.05, 0.1) is 11.1 Å². The Balaban J connectivity index is 2.95. The molecule has 4 nitrogen and oxygen atoms in total. The molecule has 0 fully saturated rings. The first-order valence-electron chi connectivity index (χ1n) is 5.78. The summed E-state index contributed by atoms with van der Waals surface area (Å²) in [5, 5.41) is 10.0. The van der Waals surface area contributed by atoms with Gasteiger partial charge in [0, 0.05) is 6.42 Å². The van der Waals surface area contributed by atoms with Crippen LogP contribution in [0.4, 0.5) is 0 Å². The Morgan fingerprint density at radius 1 is 1.56 bits per heavy atom. The highest BCUT2D eigenvalue weighted by Gasteiger charge is 2.19. The smallest absolute Gasteiger partial charge is 0.323 e. The van der Waals surface area contributed by atoms with E-state index >= 15 is 0 Å². The van der Waals surface area contributed by atoms with Gasteiger partial charge < -0.3 is 15.6 Å². The summed E-state index contributed by atoms with van der Waals surface area (Å²) < 4.78 is 5.49. The van der Waals surface area contributed by atoms with Crippen molar-refractivity contribution < 1.29 is 14.6 Å². The van der Waals surface area contributed by atoms with Crippen molar-refractivity contribution in [3.63, 3.8) is 0 Å². The van der Waals surface area contributed by atoms with Gasteiger partial charge in [0.15, 0.2) is 0 Å². The first-order valence-corrected chi connectivity index (χ1v) is 6.57. The van der Waals surface area contributed by atoms with Gasteiger partial charge in [-0.05, 0) is 53.4 Å². The third-order valence-electron chi connectivity index (χ3n) is 2.85. The van der Waals surface area contributed by atoms with Gasteiger partial charge in [0.1, 0.15) is 11.8 Å². The first kappa shape index (κ1) is 15.0. The lowest BCUT2D eigenvalue weighted by atomic mass is 10.00. The van der Waals surface area contributed by atoms with Gasteiger partial charge in [0.2, 0.25) is 0 Å². The summed E-state index contributed by atoms with van der Waals surface area (Å²) in [5.74, 6) is -0.316. The molecule has 0 saturated carbocycles. The Morgan fingerprint density at radius 2 is 2.17 bits per heavy atom. The van der Waals surface area contributed by atoms with Gasteiger partial charge in [0.25, 0.3) is 0 Å². The molecule has 0 amide bonds. The van der Waals surface area contributed by atoms with Crippen LogP contribution in [0.2, 0.25) is 0 Å². The fourth-order valence-electron chi connectivity index (χ4n) is 1.65. The highest BCUT2D eigenvalue weighted by Crippen LogP contribution is 2.33. The number of carbonyl (C=O) groups is 1. The summed E-state index contributed by atoms with van der Waals surface area (Å²) in [7, 11) is 0. The molecule has 0 aliphatic rings. The maximum Gasteiger partial charge on any atom is 0.323 e. The molecule has 0 saturated heterocycles. The van der Waals surface area contributed by atoms with Crippen LogP contribution in [0.15, 0.2) is 10.5 Å². The SMILES string of the molecule is CCOC(=O)C(N)Cc1cc(C)c(C)c(Br)c1O. The normalized spacial score (nSPS) is 12.3. The fraction of sp³-hybridized carbons (Fsp3) is 0.462. The van der Waals surface area contributed by atoms with Gasteiger partial charge in [-0.1, -0.05) is 6.07 Å². The van der Waals surface area contributed by atoms with Gasteiger partial charge in [-0.2, -0.15) is 0 Å². The number of carbonyl (C=O) groups excluding carboxylic acids is 1. The van der Waals surface area contributed by atoms with Crippen molar-refractivity contribution in [3.8, 4) is 5.75 Å². The highest BCUT2D eigenvalue weighted by molar-refractivity contribution is 9.10. The largest absolute Gasteiger partial charge is 0.506 e. The van der Waals surface area contributed by atoms with Gasteiger partial charge in [-0.15, -0.1) is 0 Å². The van der Waals surface area contributed by atoms with Crippen LogP contribution in [0.25, 0.3) is 0 Å². The van der Waals surface area contributed by atoms with Crippen LogP contribution in [0.5, 0.6) is 5.75 Å². The highest BCUT2D eigenvalue weighted by atomic mass is 79.9. The van der Waals surface area contributed by atoms with Crippen molar-refractivity contribution >= 4 is 21.9 Å². The van der Waals surface area contributed by atoms with E-state index in [4.69, 9.17) is 10.5 Å². The lowest BCUT2D eigenvalue weighted by molar-refractivity contribution is -0.144. The molecule has 0 spiro atoms. The lowest BCUT2D eigenvalue weighted by Crippen LogP contribution is -2.34. The van der Waals surface area contributed by atoms with E-state index in [0.717, 1.165) is 11.1 Å². The average molecular weight is 316 g/mol. The van der Waals surface area contributed by atoms with Crippen LogP contribution in [0.1, 0.15) is 23.6 Å². The van der Waals surface area contributed by atoms with Crippen molar-refractivity contribution in [2.24, 2.45) is 5.73 Å². The zero-order valence-electron chi connectivity index (χ0n) is 10.8. The number of esters is 1. The molecule has 1 aromatic rings. The zero-order chi connectivity index (χ0) is 13.9. The minimum atomic E-state index is -0.759. The number of hydrogen-bond acceptors (Lipinski definition) is 4. The molecule has 100 valence electrons. The quantitative estimate of drug-likeness (QED) is 0.835. The number of nitrogens with two attached hydrogens (primary N) is 1. The van der Waals surface area contributed by atoms with Crippen molar-refractivity contribution in [2.75, 3.05) is 6.61 Å². The summed E-state index contributed by atoms with van der Waals surface area (Å²) >= 11 is 3.33. The summed E-state index contributed by atoms with van der Waals surface area (Å²) in [6.07, 6.45) is 0.254. The summed E-state index contributed by atoms with van der Waals surface area (Å²) in [6.45, 7) is 5.89. The molecule has 18 heavy (non-hydrogen) atoms. The number of ether oxygens (including phenoxy) is 1. The number of hydrogen-bond donors (Lipinski definition) is 2. The van der Waals surface area contributed by atoms with Crippen molar-refractivity contribution in [2.45, 2.75) is 33.2 Å². The number of rotatable bonds is 4. The molecular weight excluding hydrogens is 298 g/mol. The molecule has 1 atom stereocenters. The topological polar surface area (TPSA) is 72.5 Å². The van der Waals surface area contributed by atoms with E-state index in [1.54, 1.807) is 6.92 Å². The van der Waals surface area contributed by atoms with Crippen molar-refractivity contribution in [3.05, 3.63) is 27.2 Å². The van der Waals surface area contributed by atoms with Crippen LogP contribution in [0, 0.1) is 13.8 Å². The van der Waals surface area contributed by atoms with Crippen LogP contribution in [-0.4, -0.2) is 23.7 Å². The number of benzene rings is 1. The molecule has 1 aromatic carbocycles. The summed E-state index contributed by atoms with van der Waals surface area (Å²) in [6, 6.07) is 1.08. The van der Waals surface area contributed by atoms with Crippen LogP contribution in [0.3, 0.4) is 0 Å². The number of aryl methyl sites for hydroxylation is 1. The van der Waals surface area contributed by atoms with E-state index in [1.165, 1.54) is 0 Å². The Morgan fingerprint density at radius 3 is 2.72 bits per heavy atom. The minimum Gasteiger partial charge on any atom is -0.506 e. The van der Waals surface area contributed by atoms with E-state index in [9.17, 15) is 9.90 Å². The number of phenols is 1. The van der Waals surface area contributed by atoms with Gasteiger partial charge >= 0.3 is 5.97 Å². The van der Waals surface area contributed by atoms with Gasteiger partial charge in [-0.25, -0.2) is 0 Å². The lowest BCUT2D eigenvalue weighted by Gasteiger charge is -2.15. The third-order valence-corrected chi connectivity index (χ3v) is 3.82. The maximum absolute atomic E-state index is 11.5. The second kappa shape index (κ2) is 6.20. The molecular formula is C13H18BrNO3. The molecule has 0 aromatic heterocycles. The average Bonchev–Trinajstić information content (AvgIpc) is 2.33. The molecule has 0 bridgehead atoms. The molecule has 0 aliphatic carbocycles. The Labute approximate surface area is 115 Å². The predicted octanol–water partition coefficient (Wildman–Crippen LogP) is 2.20. The summed E-state index contributed by atoms with van der Waals surface area (Å²) in [5.41, 5.74) is 8.39. The number of phenolic OH excluding ortho intramolecular Hbond substituents is 1. The monoisotopic (exact) mass is 315 g/mol. The van der Waals surface area contributed by atoms with Crippen molar-refractivity contribution in [1.29, 1.82) is 0 Å². The zero-order valence-corrected chi connectivity index (χ0v) is 12.4. The molecule has 0 heterocycles. The fourth-order valence-corrected chi connectivity index (χ4v) is 2.22. The van der Waals surface area contributed by atoms with Crippen LogP contribution >= 0.6 is 15.9 Å². The standard InChI is InChI=1S/C13H18BrNO3/c1-4-18-13(17)10(15)6-9-5-7(2)8(3)11(14)12(9)16/h5,10,16H,4,6,15H2,1-3H3. The van der Waals surface area contributed by atoms with Gasteiger partial charge in [-0.3, -0.25) is 4.79 Å². The predicted molar refractivity (Wildman–Crippen MR) is 73.6 cm³/mol. The molecule has 5 heteroatoms. The van der Waals surface area contributed by atoms with E-state index in [2.05, 4.69) is 15.9 Å². The molecule has 1 rings (SSSR count). The summed E-state index contributed by atoms with van der Waals surface area (Å²) in [4.78, 5) is 11.5. The second-order valence-electron chi connectivity index (χ2n) is 4.20. The maximum atomic E-state index is 11.5. The Hall–Kier alpha value is -1.07. The molecule has 0 radical (unpaired) electrons. The van der Waals surface area contributed by atoms with E-state index in [1.807, 2.05) is 19.9 Å². The van der Waals surface area contributed by atoms with E-state index < -0.39 is 12.0 Å². The van der Waals surface area contributed by atoms with Crippen LogP contribution < -0.4 is 5.73 Å². The van der Waals surface area contributed by atoms with Crippen LogP contribution in [-0.2, 0) is 16.0 Å². The minimum absolute atomic E-state index is 0.137. The van der Waals surface area contributed by atoms with E-state index in [-0.39, 0.29) is 12.2 Å². The van der Waals surface area contributed by atoms with E-state index in [0.29, 0.717) is 16.6 Å². The Bertz CT molecular complexity index is 460. The second-order valence-corrected chi connectivity index (χ2v) is 5.00. The molecule has 0 aliphatic heterocycles. The van der Waals surface area contributed by atoms with Crippen molar-refractivity contribution in [1.82, 2.24) is 0 Å².